The summed E-state index contributed by atoms with van der Waals surface area (Å²) in [5.41, 5.74) is 2.10. The van der Waals surface area contributed by atoms with Crippen molar-refractivity contribution in [2.75, 3.05) is 0 Å². The molecule has 0 saturated carbocycles. The van der Waals surface area contributed by atoms with E-state index in [4.69, 9.17) is 0 Å². The highest BCUT2D eigenvalue weighted by Crippen LogP contribution is 2.26. The van der Waals surface area contributed by atoms with Crippen LogP contribution in [-0.4, -0.2) is 15.3 Å². The second kappa shape index (κ2) is 2.09. The van der Waals surface area contributed by atoms with Gasteiger partial charge in [0.15, 0.2) is 0 Å². The van der Waals surface area contributed by atoms with Crippen LogP contribution in [0.3, 0.4) is 0 Å². The highest BCUT2D eigenvalue weighted by molar-refractivity contribution is 5.21. The maximum Gasteiger partial charge on any atom is 0.0957 e. The summed E-state index contributed by atoms with van der Waals surface area (Å²) in [7, 11) is 0. The van der Waals surface area contributed by atoms with Gasteiger partial charge < -0.3 is 5.11 Å². The minimum absolute atomic E-state index is 0.300. The number of hydrogen-bond donors (Lipinski definition) is 2. The van der Waals surface area contributed by atoms with Crippen molar-refractivity contribution in [2.45, 2.75) is 25.4 Å². The van der Waals surface area contributed by atoms with Crippen molar-refractivity contribution in [3.8, 4) is 0 Å². The molecule has 1 atom stereocenters. The molecule has 1 aromatic rings. The van der Waals surface area contributed by atoms with Crippen molar-refractivity contribution >= 4 is 0 Å². The van der Waals surface area contributed by atoms with E-state index in [1.807, 2.05) is 0 Å². The number of nitrogens with one attached hydrogen (secondary N) is 1. The van der Waals surface area contributed by atoms with E-state index in [1.54, 1.807) is 6.20 Å². The van der Waals surface area contributed by atoms with Crippen LogP contribution in [-0.2, 0) is 6.42 Å². The smallest absolute Gasteiger partial charge is 0.0957 e. The van der Waals surface area contributed by atoms with Gasteiger partial charge in [0, 0.05) is 0 Å². The molecule has 0 aliphatic heterocycles. The monoisotopic (exact) mass is 138 g/mol. The first-order valence-electron chi connectivity index (χ1n) is 3.58. The maximum atomic E-state index is 9.38. The molecule has 0 bridgehead atoms. The van der Waals surface area contributed by atoms with E-state index < -0.39 is 0 Å². The number of aliphatic hydroxyl groups is 1. The summed E-state index contributed by atoms with van der Waals surface area (Å²) < 4.78 is 0. The van der Waals surface area contributed by atoms with Gasteiger partial charge in [-0.2, -0.15) is 5.10 Å². The zero-order valence-corrected chi connectivity index (χ0v) is 5.67. The normalized spacial score (nSPS) is 24.3. The Bertz CT molecular complexity index is 231. The number of hydrogen-bond acceptors (Lipinski definition) is 2. The van der Waals surface area contributed by atoms with Gasteiger partial charge in [-0.25, -0.2) is 0 Å². The minimum Gasteiger partial charge on any atom is -0.387 e. The molecule has 0 saturated heterocycles. The largest absolute Gasteiger partial charge is 0.387 e. The van der Waals surface area contributed by atoms with Gasteiger partial charge in [-0.1, -0.05) is 0 Å². The van der Waals surface area contributed by atoms with Crippen LogP contribution in [0.5, 0.6) is 0 Å². The van der Waals surface area contributed by atoms with Gasteiger partial charge in [-0.3, -0.25) is 5.10 Å². The number of fused-ring (bicyclic) bond motifs is 1. The first-order valence-corrected chi connectivity index (χ1v) is 3.58. The van der Waals surface area contributed by atoms with Crippen LogP contribution in [0.25, 0.3) is 0 Å². The summed E-state index contributed by atoms with van der Waals surface area (Å²) in [4.78, 5) is 0. The summed E-state index contributed by atoms with van der Waals surface area (Å²) in [6.45, 7) is 0. The van der Waals surface area contributed by atoms with Gasteiger partial charge >= 0.3 is 0 Å². The molecule has 2 rings (SSSR count). The molecular weight excluding hydrogens is 128 g/mol. The number of H-pyrrole nitrogens is 1. The second-order valence-electron chi connectivity index (χ2n) is 2.72. The Kier molecular flexibility index (Phi) is 1.24. The van der Waals surface area contributed by atoms with E-state index in [2.05, 4.69) is 10.2 Å². The third kappa shape index (κ3) is 0.743. The Morgan fingerprint density at radius 3 is 3.40 bits per heavy atom. The molecule has 1 aromatic heterocycles. The standard InChI is InChI=1S/C7H10N2O/c10-6-3-1-2-5-4-8-9-7(5)6/h4,6,10H,1-3H2,(H,8,9). The number of aryl methyl sites for hydroxylation is 1. The Hall–Kier alpha value is -0.830. The summed E-state index contributed by atoms with van der Waals surface area (Å²) >= 11 is 0. The highest BCUT2D eigenvalue weighted by atomic mass is 16.3. The maximum absolute atomic E-state index is 9.38. The Morgan fingerprint density at radius 1 is 1.70 bits per heavy atom. The van der Waals surface area contributed by atoms with E-state index in [-0.39, 0.29) is 6.10 Å². The molecule has 3 nitrogen and oxygen atoms in total. The Morgan fingerprint density at radius 2 is 2.60 bits per heavy atom. The first-order chi connectivity index (χ1) is 4.88. The molecule has 3 heteroatoms. The fourth-order valence-electron chi connectivity index (χ4n) is 1.44. The lowest BCUT2D eigenvalue weighted by atomic mass is 9.96. The van der Waals surface area contributed by atoms with Gasteiger partial charge in [-0.05, 0) is 24.8 Å². The molecule has 0 radical (unpaired) electrons. The molecule has 10 heavy (non-hydrogen) atoms. The lowest BCUT2D eigenvalue weighted by Crippen LogP contribution is -2.07. The van der Waals surface area contributed by atoms with E-state index in [0.29, 0.717) is 0 Å². The van der Waals surface area contributed by atoms with Crippen molar-refractivity contribution in [1.82, 2.24) is 10.2 Å². The molecule has 0 fully saturated rings. The molecule has 2 N–H and O–H groups in total. The predicted molar refractivity (Wildman–Crippen MR) is 36.5 cm³/mol. The van der Waals surface area contributed by atoms with E-state index in [1.165, 1.54) is 5.56 Å². The number of rotatable bonds is 0. The molecule has 0 amide bonds. The topological polar surface area (TPSA) is 48.9 Å². The second-order valence-corrected chi connectivity index (χ2v) is 2.72. The molecule has 1 aliphatic rings. The zero-order chi connectivity index (χ0) is 6.97. The van der Waals surface area contributed by atoms with Crippen LogP contribution in [0.2, 0.25) is 0 Å². The van der Waals surface area contributed by atoms with Crippen LogP contribution in [0.4, 0.5) is 0 Å². The molecular formula is C7H10N2O. The molecule has 1 unspecified atom stereocenters. The van der Waals surface area contributed by atoms with Crippen molar-refractivity contribution in [3.05, 3.63) is 17.5 Å². The summed E-state index contributed by atoms with van der Waals surface area (Å²) in [5, 5.41) is 16.1. The Labute approximate surface area is 59.1 Å². The molecule has 54 valence electrons. The van der Waals surface area contributed by atoms with Crippen molar-refractivity contribution in [3.63, 3.8) is 0 Å². The summed E-state index contributed by atoms with van der Waals surface area (Å²) in [6, 6.07) is 0. The van der Waals surface area contributed by atoms with Crippen LogP contribution in [0.15, 0.2) is 6.20 Å². The zero-order valence-electron chi connectivity index (χ0n) is 5.67. The van der Waals surface area contributed by atoms with Crippen LogP contribution in [0, 0.1) is 0 Å². The molecule has 1 aliphatic carbocycles. The van der Waals surface area contributed by atoms with E-state index in [0.717, 1.165) is 25.0 Å². The van der Waals surface area contributed by atoms with Crippen molar-refractivity contribution in [2.24, 2.45) is 0 Å². The van der Waals surface area contributed by atoms with Crippen molar-refractivity contribution < 1.29 is 5.11 Å². The third-order valence-electron chi connectivity index (χ3n) is 2.01. The average molecular weight is 138 g/mol. The number of aromatic nitrogens is 2. The van der Waals surface area contributed by atoms with E-state index >= 15 is 0 Å². The fraction of sp³-hybridized carbons (Fsp3) is 0.571. The molecule has 1 heterocycles. The van der Waals surface area contributed by atoms with Crippen LogP contribution < -0.4 is 0 Å². The lowest BCUT2D eigenvalue weighted by Gasteiger charge is -2.15. The number of nitrogens with zero attached hydrogens (tertiary/aromatic N) is 1. The molecule has 0 aromatic carbocycles. The molecule has 0 spiro atoms. The Balaban J connectivity index is 2.41. The van der Waals surface area contributed by atoms with Crippen LogP contribution >= 0.6 is 0 Å². The van der Waals surface area contributed by atoms with Gasteiger partial charge in [0.1, 0.15) is 0 Å². The van der Waals surface area contributed by atoms with E-state index in [9.17, 15) is 5.11 Å². The highest BCUT2D eigenvalue weighted by Gasteiger charge is 2.18. The average Bonchev–Trinajstić information content (AvgIpc) is 2.36. The quantitative estimate of drug-likeness (QED) is 0.556. The number of aromatic amines is 1. The minimum atomic E-state index is -0.300. The van der Waals surface area contributed by atoms with Gasteiger partial charge in [0.25, 0.3) is 0 Å². The predicted octanol–water partition coefficient (Wildman–Crippen LogP) is 0.779. The fourth-order valence-corrected chi connectivity index (χ4v) is 1.44. The van der Waals surface area contributed by atoms with Crippen LogP contribution in [0.1, 0.15) is 30.2 Å². The van der Waals surface area contributed by atoms with Crippen molar-refractivity contribution in [1.29, 1.82) is 0 Å². The summed E-state index contributed by atoms with van der Waals surface area (Å²) in [6.07, 6.45) is 4.51. The third-order valence-corrected chi connectivity index (χ3v) is 2.01. The summed E-state index contributed by atoms with van der Waals surface area (Å²) in [5.74, 6) is 0. The lowest BCUT2D eigenvalue weighted by molar-refractivity contribution is 0.152. The number of aliphatic hydroxyl groups excluding tert-OH is 1. The van der Waals surface area contributed by atoms with Gasteiger partial charge in [-0.15, -0.1) is 0 Å². The van der Waals surface area contributed by atoms with Gasteiger partial charge in [0.05, 0.1) is 18.0 Å². The SMILES string of the molecule is OC1CCCc2cn[nH]c21. The van der Waals surface area contributed by atoms with Gasteiger partial charge in [0.2, 0.25) is 0 Å². The first kappa shape index (κ1) is 5.92.